The number of carbonyl (C=O) groups is 1. The van der Waals surface area contributed by atoms with E-state index >= 15 is 0 Å². The maximum Gasteiger partial charge on any atom is 0.285 e. The topological polar surface area (TPSA) is 124 Å². The number of nitro groups is 1. The normalized spacial score (nSPS) is 10.2. The first-order valence-electron chi connectivity index (χ1n) is 5.40. The molecule has 0 saturated heterocycles. The van der Waals surface area contributed by atoms with Crippen molar-refractivity contribution in [3.05, 3.63) is 51.7 Å². The molecule has 0 unspecified atom stereocenters. The van der Waals surface area contributed by atoms with Gasteiger partial charge in [-0.1, -0.05) is 5.16 Å². The standard InChI is InChI=1S/C11H9FN4O4/c12-8-4-10(16(18)19)7(3-9(8)13)11(17)14-5-6-1-2-20-15-6/h1-4H,5,13H2,(H,14,17). The molecule has 0 atom stereocenters. The van der Waals surface area contributed by atoms with E-state index in [9.17, 15) is 19.3 Å². The molecule has 1 amide bonds. The number of anilines is 1. The van der Waals surface area contributed by atoms with Crippen LogP contribution in [0.4, 0.5) is 15.8 Å². The number of nitrogens with one attached hydrogen (secondary N) is 1. The van der Waals surface area contributed by atoms with Crippen molar-refractivity contribution in [2.24, 2.45) is 0 Å². The first-order valence-corrected chi connectivity index (χ1v) is 5.40. The number of nitro benzene ring substituents is 1. The van der Waals surface area contributed by atoms with Crippen LogP contribution in [0.15, 0.2) is 29.0 Å². The van der Waals surface area contributed by atoms with Crippen molar-refractivity contribution in [2.75, 3.05) is 5.73 Å². The van der Waals surface area contributed by atoms with Crippen molar-refractivity contribution >= 4 is 17.3 Å². The minimum Gasteiger partial charge on any atom is -0.396 e. The highest BCUT2D eigenvalue weighted by atomic mass is 19.1. The molecule has 0 aliphatic rings. The molecule has 0 spiro atoms. The molecule has 0 bridgehead atoms. The maximum absolute atomic E-state index is 13.2. The van der Waals surface area contributed by atoms with E-state index in [0.29, 0.717) is 11.8 Å². The van der Waals surface area contributed by atoms with Crippen LogP contribution in [0.25, 0.3) is 0 Å². The summed E-state index contributed by atoms with van der Waals surface area (Å²) in [4.78, 5) is 21.8. The summed E-state index contributed by atoms with van der Waals surface area (Å²) in [5.41, 5.74) is 4.43. The SMILES string of the molecule is Nc1cc(C(=O)NCc2ccon2)c([N+](=O)[O-])cc1F. The molecule has 2 rings (SSSR count). The van der Waals surface area contributed by atoms with Gasteiger partial charge in [0, 0.05) is 6.07 Å². The molecule has 0 radical (unpaired) electrons. The number of amides is 1. The molecule has 8 nitrogen and oxygen atoms in total. The van der Waals surface area contributed by atoms with Crippen LogP contribution < -0.4 is 11.1 Å². The highest BCUT2D eigenvalue weighted by Gasteiger charge is 2.22. The average molecular weight is 280 g/mol. The zero-order valence-corrected chi connectivity index (χ0v) is 10.00. The second-order valence-electron chi connectivity index (χ2n) is 3.82. The molecule has 0 fully saturated rings. The molecular formula is C11H9FN4O4. The second-order valence-corrected chi connectivity index (χ2v) is 3.82. The summed E-state index contributed by atoms with van der Waals surface area (Å²) in [5.74, 6) is -1.71. The molecule has 1 aromatic carbocycles. The number of carbonyl (C=O) groups excluding carboxylic acids is 1. The maximum atomic E-state index is 13.2. The van der Waals surface area contributed by atoms with Crippen LogP contribution in [0.3, 0.4) is 0 Å². The Labute approximate surface area is 111 Å². The van der Waals surface area contributed by atoms with Gasteiger partial charge in [-0.15, -0.1) is 0 Å². The highest BCUT2D eigenvalue weighted by molar-refractivity contribution is 5.99. The summed E-state index contributed by atoms with van der Waals surface area (Å²) >= 11 is 0. The number of nitrogen functional groups attached to an aromatic ring is 1. The van der Waals surface area contributed by atoms with Crippen LogP contribution in [0.1, 0.15) is 16.1 Å². The van der Waals surface area contributed by atoms with Gasteiger partial charge in [-0.3, -0.25) is 14.9 Å². The zero-order valence-electron chi connectivity index (χ0n) is 10.00. The van der Waals surface area contributed by atoms with Gasteiger partial charge in [-0.05, 0) is 6.07 Å². The number of halogens is 1. The fourth-order valence-electron chi connectivity index (χ4n) is 1.51. The van der Waals surface area contributed by atoms with Crippen molar-refractivity contribution < 1.29 is 18.6 Å². The molecule has 20 heavy (non-hydrogen) atoms. The molecule has 0 aliphatic heterocycles. The molecule has 1 aromatic heterocycles. The molecule has 9 heteroatoms. The van der Waals surface area contributed by atoms with Gasteiger partial charge in [0.2, 0.25) is 0 Å². The van der Waals surface area contributed by atoms with E-state index in [2.05, 4.69) is 15.0 Å². The first-order chi connectivity index (χ1) is 9.49. The predicted octanol–water partition coefficient (Wildman–Crippen LogP) is 1.23. The number of aromatic nitrogens is 1. The molecular weight excluding hydrogens is 271 g/mol. The lowest BCUT2D eigenvalue weighted by Crippen LogP contribution is -2.24. The third-order valence-corrected chi connectivity index (χ3v) is 2.48. The van der Waals surface area contributed by atoms with Crippen LogP contribution in [0.5, 0.6) is 0 Å². The van der Waals surface area contributed by atoms with E-state index in [4.69, 9.17) is 5.73 Å². The molecule has 0 saturated carbocycles. The van der Waals surface area contributed by atoms with Gasteiger partial charge in [0.05, 0.1) is 23.2 Å². The quantitative estimate of drug-likeness (QED) is 0.493. The summed E-state index contributed by atoms with van der Waals surface area (Å²) in [7, 11) is 0. The summed E-state index contributed by atoms with van der Waals surface area (Å²) < 4.78 is 17.8. The van der Waals surface area contributed by atoms with Crippen molar-refractivity contribution in [1.29, 1.82) is 0 Å². The van der Waals surface area contributed by atoms with Gasteiger partial charge >= 0.3 is 0 Å². The smallest absolute Gasteiger partial charge is 0.285 e. The Morgan fingerprint density at radius 2 is 2.30 bits per heavy atom. The van der Waals surface area contributed by atoms with Crippen molar-refractivity contribution in [3.63, 3.8) is 0 Å². The number of hydrogen-bond acceptors (Lipinski definition) is 6. The lowest BCUT2D eigenvalue weighted by Gasteiger charge is -2.06. The lowest BCUT2D eigenvalue weighted by atomic mass is 10.1. The Bertz CT molecular complexity index is 657. The van der Waals surface area contributed by atoms with E-state index in [1.807, 2.05) is 0 Å². The third kappa shape index (κ3) is 2.71. The molecule has 104 valence electrons. The van der Waals surface area contributed by atoms with Gasteiger partial charge in [-0.25, -0.2) is 4.39 Å². The Morgan fingerprint density at radius 3 is 2.90 bits per heavy atom. The van der Waals surface area contributed by atoms with E-state index in [1.165, 1.54) is 12.3 Å². The Kier molecular flexibility index (Phi) is 3.60. The number of hydrogen-bond donors (Lipinski definition) is 2. The van der Waals surface area contributed by atoms with Crippen molar-refractivity contribution in [3.8, 4) is 0 Å². The van der Waals surface area contributed by atoms with Crippen LogP contribution in [-0.4, -0.2) is 16.0 Å². The Balaban J connectivity index is 2.24. The number of nitrogens with zero attached hydrogens (tertiary/aromatic N) is 2. The van der Waals surface area contributed by atoms with E-state index < -0.39 is 22.3 Å². The van der Waals surface area contributed by atoms with Crippen LogP contribution in [0, 0.1) is 15.9 Å². The highest BCUT2D eigenvalue weighted by Crippen LogP contribution is 2.24. The first kappa shape index (κ1) is 13.5. The average Bonchev–Trinajstić information content (AvgIpc) is 2.91. The zero-order chi connectivity index (χ0) is 14.7. The predicted molar refractivity (Wildman–Crippen MR) is 65.1 cm³/mol. The minimum atomic E-state index is -0.954. The van der Waals surface area contributed by atoms with Gasteiger partial charge < -0.3 is 15.6 Å². The van der Waals surface area contributed by atoms with Crippen molar-refractivity contribution in [1.82, 2.24) is 10.5 Å². The van der Waals surface area contributed by atoms with E-state index in [0.717, 1.165) is 6.07 Å². The molecule has 0 aliphatic carbocycles. The monoisotopic (exact) mass is 280 g/mol. The minimum absolute atomic E-state index is 0.0176. The van der Waals surface area contributed by atoms with E-state index in [-0.39, 0.29) is 17.8 Å². The number of nitrogens with two attached hydrogens (primary N) is 1. The Hall–Kier alpha value is -2.97. The summed E-state index contributed by atoms with van der Waals surface area (Å²) in [5, 5.41) is 16.8. The fraction of sp³-hybridized carbons (Fsp3) is 0.0909. The number of benzene rings is 1. The van der Waals surface area contributed by atoms with E-state index in [1.54, 1.807) is 0 Å². The third-order valence-electron chi connectivity index (χ3n) is 2.48. The number of rotatable bonds is 4. The summed E-state index contributed by atoms with van der Waals surface area (Å²) in [6.45, 7) is 0.0176. The molecule has 1 heterocycles. The molecule has 3 N–H and O–H groups in total. The second kappa shape index (κ2) is 5.34. The summed E-state index contributed by atoms with van der Waals surface area (Å²) in [6.07, 6.45) is 1.32. The van der Waals surface area contributed by atoms with Gasteiger partial charge in [0.15, 0.2) is 5.82 Å². The lowest BCUT2D eigenvalue weighted by molar-refractivity contribution is -0.385. The summed E-state index contributed by atoms with van der Waals surface area (Å²) in [6, 6.07) is 3.06. The Morgan fingerprint density at radius 1 is 1.55 bits per heavy atom. The largest absolute Gasteiger partial charge is 0.396 e. The van der Waals surface area contributed by atoms with Gasteiger partial charge in [0.1, 0.15) is 17.5 Å². The fourth-order valence-corrected chi connectivity index (χ4v) is 1.51. The molecule has 2 aromatic rings. The van der Waals surface area contributed by atoms with Crippen LogP contribution in [-0.2, 0) is 6.54 Å². The van der Waals surface area contributed by atoms with Crippen LogP contribution in [0.2, 0.25) is 0 Å². The van der Waals surface area contributed by atoms with Gasteiger partial charge in [-0.2, -0.15) is 0 Å². The van der Waals surface area contributed by atoms with Crippen LogP contribution >= 0.6 is 0 Å². The van der Waals surface area contributed by atoms with Gasteiger partial charge in [0.25, 0.3) is 11.6 Å². The van der Waals surface area contributed by atoms with Crippen molar-refractivity contribution in [2.45, 2.75) is 6.54 Å².